The lowest BCUT2D eigenvalue weighted by atomic mass is 10.0. The third kappa shape index (κ3) is 6.48. The molecule has 2 rings (SSSR count). The van der Waals surface area contributed by atoms with Crippen molar-refractivity contribution in [3.8, 4) is 0 Å². The van der Waals surface area contributed by atoms with Crippen molar-refractivity contribution >= 4 is 35.0 Å². The molecule has 6 heteroatoms. The fourth-order valence-electron chi connectivity index (χ4n) is 2.96. The van der Waals surface area contributed by atoms with Gasteiger partial charge >= 0.3 is 0 Å². The predicted octanol–water partition coefficient (Wildman–Crippen LogP) is 5.18. The standard InChI is InChI=1S/C23H28Cl2N2O2/c1-5-16(3)26-23(29)17(4)27(14-18-10-11-20(24)21(25)12-18)22(28)13-19-9-7-6-8-15(19)2/h6-12,16-17H,5,13-14H2,1-4H3,(H,26,29). The Bertz CT molecular complexity index is 870. The fraction of sp³-hybridized carbons (Fsp3) is 0.391. The van der Waals surface area contributed by atoms with Gasteiger partial charge in [0.1, 0.15) is 6.04 Å². The Balaban J connectivity index is 2.28. The van der Waals surface area contributed by atoms with Crippen LogP contribution in [0.4, 0.5) is 0 Å². The molecular weight excluding hydrogens is 407 g/mol. The summed E-state index contributed by atoms with van der Waals surface area (Å²) in [7, 11) is 0. The Morgan fingerprint density at radius 1 is 1.07 bits per heavy atom. The number of hydrogen-bond acceptors (Lipinski definition) is 2. The van der Waals surface area contributed by atoms with E-state index in [1.807, 2.05) is 51.1 Å². The topological polar surface area (TPSA) is 49.4 Å². The molecule has 0 fully saturated rings. The van der Waals surface area contributed by atoms with E-state index in [-0.39, 0.29) is 30.8 Å². The first kappa shape index (κ1) is 23.2. The van der Waals surface area contributed by atoms with Gasteiger partial charge in [0.25, 0.3) is 0 Å². The van der Waals surface area contributed by atoms with Crippen molar-refractivity contribution in [3.05, 3.63) is 69.2 Å². The molecule has 0 aliphatic heterocycles. The highest BCUT2D eigenvalue weighted by molar-refractivity contribution is 6.42. The number of nitrogens with zero attached hydrogens (tertiary/aromatic N) is 1. The third-order valence-corrected chi connectivity index (χ3v) is 5.85. The highest BCUT2D eigenvalue weighted by Crippen LogP contribution is 2.24. The molecule has 0 heterocycles. The molecule has 2 aromatic carbocycles. The minimum atomic E-state index is -0.616. The number of rotatable bonds is 8. The average molecular weight is 435 g/mol. The number of amides is 2. The molecule has 0 aliphatic rings. The van der Waals surface area contributed by atoms with Gasteiger partial charge in [-0.25, -0.2) is 0 Å². The molecule has 0 saturated carbocycles. The molecule has 29 heavy (non-hydrogen) atoms. The van der Waals surface area contributed by atoms with Crippen LogP contribution >= 0.6 is 23.2 Å². The molecule has 1 N–H and O–H groups in total. The van der Waals surface area contributed by atoms with Gasteiger partial charge in [-0.15, -0.1) is 0 Å². The van der Waals surface area contributed by atoms with Crippen molar-refractivity contribution < 1.29 is 9.59 Å². The average Bonchev–Trinajstić information content (AvgIpc) is 2.69. The van der Waals surface area contributed by atoms with E-state index in [1.165, 1.54) is 0 Å². The van der Waals surface area contributed by atoms with Crippen LogP contribution in [-0.2, 0) is 22.6 Å². The number of carbonyl (C=O) groups excluding carboxylic acids is 2. The molecule has 2 atom stereocenters. The van der Waals surface area contributed by atoms with Crippen LogP contribution in [-0.4, -0.2) is 28.8 Å². The molecule has 0 aromatic heterocycles. The first-order chi connectivity index (χ1) is 13.7. The normalized spacial score (nSPS) is 12.9. The van der Waals surface area contributed by atoms with Gasteiger partial charge in [-0.2, -0.15) is 0 Å². The molecule has 0 bridgehead atoms. The largest absolute Gasteiger partial charge is 0.352 e. The highest BCUT2D eigenvalue weighted by Gasteiger charge is 2.27. The van der Waals surface area contributed by atoms with Gasteiger partial charge in [0.2, 0.25) is 11.8 Å². The van der Waals surface area contributed by atoms with E-state index in [4.69, 9.17) is 23.2 Å². The minimum Gasteiger partial charge on any atom is -0.352 e. The number of halogens is 2. The zero-order valence-electron chi connectivity index (χ0n) is 17.3. The Morgan fingerprint density at radius 2 is 1.76 bits per heavy atom. The summed E-state index contributed by atoms with van der Waals surface area (Å²) in [5.74, 6) is -0.283. The summed E-state index contributed by atoms with van der Waals surface area (Å²) in [5.41, 5.74) is 2.82. The van der Waals surface area contributed by atoms with Crippen LogP contribution in [0.5, 0.6) is 0 Å². The van der Waals surface area contributed by atoms with Crippen LogP contribution in [0.2, 0.25) is 10.0 Å². The van der Waals surface area contributed by atoms with E-state index in [9.17, 15) is 9.59 Å². The van der Waals surface area contributed by atoms with Gasteiger partial charge in [0.15, 0.2) is 0 Å². The van der Waals surface area contributed by atoms with E-state index in [0.29, 0.717) is 10.0 Å². The van der Waals surface area contributed by atoms with Gasteiger partial charge < -0.3 is 10.2 Å². The van der Waals surface area contributed by atoms with Crippen LogP contribution in [0, 0.1) is 6.92 Å². The molecule has 156 valence electrons. The molecule has 0 aliphatic carbocycles. The van der Waals surface area contributed by atoms with E-state index < -0.39 is 6.04 Å². The van der Waals surface area contributed by atoms with E-state index >= 15 is 0 Å². The molecule has 0 radical (unpaired) electrons. The van der Waals surface area contributed by atoms with Gasteiger partial charge in [0, 0.05) is 12.6 Å². The summed E-state index contributed by atoms with van der Waals surface area (Å²) >= 11 is 12.2. The van der Waals surface area contributed by atoms with Gasteiger partial charge in [-0.3, -0.25) is 9.59 Å². The van der Waals surface area contributed by atoms with Gasteiger partial charge in [-0.05, 0) is 56.0 Å². The Hall–Kier alpha value is -2.04. The van der Waals surface area contributed by atoms with Crippen molar-refractivity contribution in [3.63, 3.8) is 0 Å². The molecule has 2 aromatic rings. The smallest absolute Gasteiger partial charge is 0.242 e. The van der Waals surface area contributed by atoms with Crippen molar-refractivity contribution in [1.82, 2.24) is 10.2 Å². The summed E-state index contributed by atoms with van der Waals surface area (Å²) in [6, 6.07) is 12.5. The lowest BCUT2D eigenvalue weighted by Crippen LogP contribution is -2.49. The second-order valence-electron chi connectivity index (χ2n) is 7.37. The quantitative estimate of drug-likeness (QED) is 0.622. The van der Waals surface area contributed by atoms with E-state index in [0.717, 1.165) is 23.1 Å². The second kappa shape index (κ2) is 10.7. The molecule has 0 spiro atoms. The van der Waals surface area contributed by atoms with Crippen molar-refractivity contribution in [2.75, 3.05) is 0 Å². The molecule has 0 saturated heterocycles. The monoisotopic (exact) mass is 434 g/mol. The lowest BCUT2D eigenvalue weighted by molar-refractivity contribution is -0.140. The van der Waals surface area contributed by atoms with Crippen LogP contribution in [0.3, 0.4) is 0 Å². The van der Waals surface area contributed by atoms with Crippen molar-refractivity contribution in [2.24, 2.45) is 0 Å². The molecule has 4 nitrogen and oxygen atoms in total. The number of hydrogen-bond donors (Lipinski definition) is 1. The maximum atomic E-state index is 13.2. The first-order valence-electron chi connectivity index (χ1n) is 9.81. The maximum absolute atomic E-state index is 13.2. The van der Waals surface area contributed by atoms with Gasteiger partial charge in [-0.1, -0.05) is 60.5 Å². The maximum Gasteiger partial charge on any atom is 0.242 e. The lowest BCUT2D eigenvalue weighted by Gasteiger charge is -2.30. The summed E-state index contributed by atoms with van der Waals surface area (Å²) < 4.78 is 0. The number of benzene rings is 2. The number of aryl methyl sites for hydroxylation is 1. The zero-order valence-corrected chi connectivity index (χ0v) is 18.8. The van der Waals surface area contributed by atoms with Gasteiger partial charge in [0.05, 0.1) is 16.5 Å². The fourth-order valence-corrected chi connectivity index (χ4v) is 3.28. The zero-order chi connectivity index (χ0) is 21.6. The Morgan fingerprint density at radius 3 is 2.38 bits per heavy atom. The number of nitrogens with one attached hydrogen (secondary N) is 1. The third-order valence-electron chi connectivity index (χ3n) is 5.11. The SMILES string of the molecule is CCC(C)NC(=O)C(C)N(Cc1ccc(Cl)c(Cl)c1)C(=O)Cc1ccccc1C. The van der Waals surface area contributed by atoms with Crippen molar-refractivity contribution in [2.45, 2.75) is 59.2 Å². The second-order valence-corrected chi connectivity index (χ2v) is 8.18. The van der Waals surface area contributed by atoms with Crippen molar-refractivity contribution in [1.29, 1.82) is 0 Å². The summed E-state index contributed by atoms with van der Waals surface area (Å²) in [6.45, 7) is 7.96. The summed E-state index contributed by atoms with van der Waals surface area (Å²) in [5, 5.41) is 3.84. The van der Waals surface area contributed by atoms with Crippen LogP contribution in [0.15, 0.2) is 42.5 Å². The Kier molecular flexibility index (Phi) is 8.54. The number of carbonyl (C=O) groups is 2. The highest BCUT2D eigenvalue weighted by atomic mass is 35.5. The molecule has 2 unspecified atom stereocenters. The summed E-state index contributed by atoms with van der Waals surface area (Å²) in [6.07, 6.45) is 1.05. The Labute approximate surface area is 183 Å². The van der Waals surface area contributed by atoms with Crippen LogP contribution in [0.25, 0.3) is 0 Å². The molecular formula is C23H28Cl2N2O2. The van der Waals surface area contributed by atoms with Crippen LogP contribution < -0.4 is 5.32 Å². The van der Waals surface area contributed by atoms with E-state index in [2.05, 4.69) is 5.32 Å². The van der Waals surface area contributed by atoms with Crippen LogP contribution in [0.1, 0.15) is 43.9 Å². The first-order valence-corrected chi connectivity index (χ1v) is 10.6. The summed E-state index contributed by atoms with van der Waals surface area (Å²) in [4.78, 5) is 27.5. The predicted molar refractivity (Wildman–Crippen MR) is 119 cm³/mol. The minimum absolute atomic E-state index is 0.0447. The van der Waals surface area contributed by atoms with E-state index in [1.54, 1.807) is 24.0 Å². The molecule has 2 amide bonds.